The molecule has 2 heterocycles. The number of nitrogens with one attached hydrogen (secondary N) is 1. The molecule has 1 saturated heterocycles. The third kappa shape index (κ3) is 3.15. The van der Waals surface area contributed by atoms with E-state index >= 15 is 0 Å². The van der Waals surface area contributed by atoms with Crippen LogP contribution in [0.1, 0.15) is 45.3 Å². The van der Waals surface area contributed by atoms with E-state index in [9.17, 15) is 4.79 Å². The van der Waals surface area contributed by atoms with Gasteiger partial charge in [-0.25, -0.2) is 4.98 Å². The Balaban J connectivity index is 2.04. The van der Waals surface area contributed by atoms with Crippen LogP contribution in [-0.4, -0.2) is 35.4 Å². The summed E-state index contributed by atoms with van der Waals surface area (Å²) in [6, 6.07) is -0.0463. The molecule has 5 nitrogen and oxygen atoms in total. The first-order chi connectivity index (χ1) is 8.91. The quantitative estimate of drug-likeness (QED) is 0.903. The van der Waals surface area contributed by atoms with Crippen molar-refractivity contribution in [3.8, 4) is 0 Å². The fraction of sp³-hybridized carbons (Fsp3) is 0.714. The van der Waals surface area contributed by atoms with Crippen molar-refractivity contribution in [2.45, 2.75) is 51.6 Å². The predicted octanol–water partition coefficient (Wildman–Crippen LogP) is 1.68. The number of hydrogen-bond acceptors (Lipinski definition) is 4. The average molecular weight is 265 g/mol. The van der Waals surface area contributed by atoms with E-state index in [-0.39, 0.29) is 17.4 Å². The monoisotopic (exact) mass is 265 g/mol. The molecule has 1 fully saturated rings. The highest BCUT2D eigenvalue weighted by Crippen LogP contribution is 2.25. The van der Waals surface area contributed by atoms with Gasteiger partial charge in [0.15, 0.2) is 0 Å². The summed E-state index contributed by atoms with van der Waals surface area (Å²) in [6.07, 6.45) is 3.75. The third-order valence-electron chi connectivity index (χ3n) is 3.54. The fourth-order valence-corrected chi connectivity index (χ4v) is 2.38. The molecule has 1 atom stereocenters. The lowest BCUT2D eigenvalue weighted by atomic mass is 9.94. The summed E-state index contributed by atoms with van der Waals surface area (Å²) in [7, 11) is 1.68. The van der Waals surface area contributed by atoms with Crippen molar-refractivity contribution in [3.63, 3.8) is 0 Å². The molecule has 1 aromatic rings. The minimum absolute atomic E-state index is 0.0313. The van der Waals surface area contributed by atoms with Crippen LogP contribution in [0.3, 0.4) is 0 Å². The van der Waals surface area contributed by atoms with Gasteiger partial charge in [0.2, 0.25) is 11.8 Å². The normalized spacial score (nSPS) is 20.7. The molecule has 1 aliphatic heterocycles. The number of carbonyl (C=O) groups excluding carboxylic acids is 1. The maximum absolute atomic E-state index is 11.8. The van der Waals surface area contributed by atoms with Gasteiger partial charge < -0.3 is 9.73 Å². The maximum atomic E-state index is 11.8. The van der Waals surface area contributed by atoms with Crippen LogP contribution in [0.5, 0.6) is 0 Å². The van der Waals surface area contributed by atoms with Gasteiger partial charge in [0, 0.05) is 12.5 Å². The summed E-state index contributed by atoms with van der Waals surface area (Å²) >= 11 is 0. The largest absolute Gasteiger partial charge is 0.444 e. The van der Waals surface area contributed by atoms with Crippen molar-refractivity contribution < 1.29 is 9.21 Å². The topological polar surface area (TPSA) is 58.4 Å². The molecule has 5 heteroatoms. The van der Waals surface area contributed by atoms with Gasteiger partial charge in [-0.15, -0.1) is 0 Å². The van der Waals surface area contributed by atoms with Gasteiger partial charge in [0.25, 0.3) is 0 Å². The number of carbonyl (C=O) groups is 1. The smallest absolute Gasteiger partial charge is 0.237 e. The van der Waals surface area contributed by atoms with Gasteiger partial charge in [0.1, 0.15) is 5.76 Å². The summed E-state index contributed by atoms with van der Waals surface area (Å²) in [5.74, 6) is 1.67. The van der Waals surface area contributed by atoms with Crippen LogP contribution in [0.2, 0.25) is 0 Å². The van der Waals surface area contributed by atoms with Crippen LogP contribution in [0.25, 0.3) is 0 Å². The van der Waals surface area contributed by atoms with Crippen LogP contribution in [0.4, 0.5) is 0 Å². The van der Waals surface area contributed by atoms with Crippen LogP contribution >= 0.6 is 0 Å². The van der Waals surface area contributed by atoms with Gasteiger partial charge in [-0.3, -0.25) is 9.69 Å². The molecule has 0 aromatic carbocycles. The lowest BCUT2D eigenvalue weighted by Crippen LogP contribution is -2.41. The molecular weight excluding hydrogens is 242 g/mol. The summed E-state index contributed by atoms with van der Waals surface area (Å²) in [6.45, 7) is 7.82. The Morgan fingerprint density at radius 2 is 2.32 bits per heavy atom. The highest BCUT2D eigenvalue weighted by Gasteiger charge is 2.31. The first-order valence-electron chi connectivity index (χ1n) is 6.82. The van der Waals surface area contributed by atoms with Crippen molar-refractivity contribution in [1.82, 2.24) is 15.2 Å². The first kappa shape index (κ1) is 14.1. The summed E-state index contributed by atoms with van der Waals surface area (Å²) in [5.41, 5.74) is -0.0313. The van der Waals surface area contributed by atoms with Crippen LogP contribution in [-0.2, 0) is 16.8 Å². The Morgan fingerprint density at radius 3 is 2.89 bits per heavy atom. The van der Waals surface area contributed by atoms with Gasteiger partial charge in [0.05, 0.1) is 18.8 Å². The van der Waals surface area contributed by atoms with E-state index in [0.717, 1.165) is 25.1 Å². The molecular formula is C14H23N3O2. The summed E-state index contributed by atoms with van der Waals surface area (Å²) < 4.78 is 5.79. The molecule has 1 N–H and O–H groups in total. The minimum Gasteiger partial charge on any atom is -0.444 e. The second-order valence-corrected chi connectivity index (χ2v) is 6.11. The Morgan fingerprint density at radius 1 is 1.58 bits per heavy atom. The molecule has 0 radical (unpaired) electrons. The second kappa shape index (κ2) is 5.33. The van der Waals surface area contributed by atoms with E-state index in [2.05, 4.69) is 36.0 Å². The SMILES string of the molecule is CNC(=O)C1CCCN1Cc1ncc(C(C)(C)C)o1. The molecule has 1 aliphatic rings. The van der Waals surface area contributed by atoms with E-state index in [1.54, 1.807) is 13.2 Å². The first-order valence-corrected chi connectivity index (χ1v) is 6.82. The molecule has 106 valence electrons. The second-order valence-electron chi connectivity index (χ2n) is 6.11. The highest BCUT2D eigenvalue weighted by molar-refractivity contribution is 5.81. The van der Waals surface area contributed by atoms with Crippen LogP contribution in [0, 0.1) is 0 Å². The highest BCUT2D eigenvalue weighted by atomic mass is 16.4. The van der Waals surface area contributed by atoms with Gasteiger partial charge in [-0.1, -0.05) is 20.8 Å². The van der Waals surface area contributed by atoms with Gasteiger partial charge in [-0.05, 0) is 19.4 Å². The molecule has 0 aliphatic carbocycles. The molecule has 2 rings (SSSR count). The standard InChI is InChI=1S/C14H23N3O2/c1-14(2,3)11-8-16-12(19-11)9-17-7-5-6-10(17)13(18)15-4/h8,10H,5-7,9H2,1-4H3,(H,15,18). The zero-order valence-electron chi connectivity index (χ0n) is 12.2. The van der Waals surface area contributed by atoms with Crippen molar-refractivity contribution >= 4 is 5.91 Å². The Hall–Kier alpha value is -1.36. The number of hydrogen-bond donors (Lipinski definition) is 1. The van der Waals surface area contributed by atoms with E-state index in [1.807, 2.05) is 0 Å². The van der Waals surface area contributed by atoms with Gasteiger partial charge >= 0.3 is 0 Å². The lowest BCUT2D eigenvalue weighted by Gasteiger charge is -2.21. The van der Waals surface area contributed by atoms with Crippen LogP contribution < -0.4 is 5.32 Å². The molecule has 19 heavy (non-hydrogen) atoms. The molecule has 1 aromatic heterocycles. The Kier molecular flexibility index (Phi) is 3.94. The zero-order chi connectivity index (χ0) is 14.0. The maximum Gasteiger partial charge on any atom is 0.237 e. The Bertz CT molecular complexity index is 448. The van der Waals surface area contributed by atoms with E-state index in [0.29, 0.717) is 12.4 Å². The minimum atomic E-state index is -0.0463. The van der Waals surface area contributed by atoms with E-state index < -0.39 is 0 Å². The van der Waals surface area contributed by atoms with Gasteiger partial charge in [-0.2, -0.15) is 0 Å². The molecule has 1 unspecified atom stereocenters. The van der Waals surface area contributed by atoms with Crippen molar-refractivity contribution in [1.29, 1.82) is 0 Å². The third-order valence-corrected chi connectivity index (χ3v) is 3.54. The number of likely N-dealkylation sites (tertiary alicyclic amines) is 1. The number of aromatic nitrogens is 1. The fourth-order valence-electron chi connectivity index (χ4n) is 2.38. The Labute approximate surface area is 114 Å². The predicted molar refractivity (Wildman–Crippen MR) is 72.7 cm³/mol. The van der Waals surface area contributed by atoms with Crippen molar-refractivity contribution in [2.75, 3.05) is 13.6 Å². The zero-order valence-corrected chi connectivity index (χ0v) is 12.2. The van der Waals surface area contributed by atoms with E-state index in [1.165, 1.54) is 0 Å². The lowest BCUT2D eigenvalue weighted by molar-refractivity contribution is -0.125. The molecule has 1 amide bonds. The number of likely N-dealkylation sites (N-methyl/N-ethyl adjacent to an activating group) is 1. The van der Waals surface area contributed by atoms with E-state index in [4.69, 9.17) is 4.42 Å². The molecule has 0 bridgehead atoms. The number of rotatable bonds is 3. The number of amides is 1. The summed E-state index contributed by atoms with van der Waals surface area (Å²) in [4.78, 5) is 18.2. The van der Waals surface area contributed by atoms with Crippen molar-refractivity contribution in [2.24, 2.45) is 0 Å². The van der Waals surface area contributed by atoms with Crippen molar-refractivity contribution in [3.05, 3.63) is 17.8 Å². The van der Waals surface area contributed by atoms with Crippen LogP contribution in [0.15, 0.2) is 10.6 Å². The molecule has 0 saturated carbocycles. The number of oxazole rings is 1. The summed E-state index contributed by atoms with van der Waals surface area (Å²) in [5, 5.41) is 2.72. The molecule has 0 spiro atoms. The average Bonchev–Trinajstić information content (AvgIpc) is 2.97. The number of nitrogens with zero attached hydrogens (tertiary/aromatic N) is 2.